The first-order valence-corrected chi connectivity index (χ1v) is 10.2. The van der Waals surface area contributed by atoms with Crippen molar-refractivity contribution < 1.29 is 14.0 Å². The van der Waals surface area contributed by atoms with E-state index < -0.39 is 17.8 Å². The Morgan fingerprint density at radius 2 is 1.78 bits per heavy atom. The zero-order chi connectivity index (χ0) is 22.2. The van der Waals surface area contributed by atoms with Gasteiger partial charge in [-0.05, 0) is 29.3 Å². The van der Waals surface area contributed by atoms with Gasteiger partial charge in [-0.15, -0.1) is 0 Å². The molecule has 158 valence electrons. The molecule has 32 heavy (non-hydrogen) atoms. The average molecular weight is 427 g/mol. The highest BCUT2D eigenvalue weighted by Gasteiger charge is 2.30. The number of benzene rings is 3. The van der Waals surface area contributed by atoms with Crippen LogP contribution in [-0.2, 0) is 6.42 Å². The number of fused-ring (bicyclic) bond motifs is 2. The van der Waals surface area contributed by atoms with E-state index in [1.165, 1.54) is 12.1 Å². The maximum absolute atomic E-state index is 14.5. The largest absolute Gasteiger partial charge is 0.345 e. The lowest BCUT2D eigenvalue weighted by Gasteiger charge is -2.14. The lowest BCUT2D eigenvalue weighted by Crippen LogP contribution is -2.28. The molecule has 0 spiro atoms. The van der Waals surface area contributed by atoms with Crippen molar-refractivity contribution in [1.82, 2.24) is 15.5 Å². The van der Waals surface area contributed by atoms with Gasteiger partial charge in [0.1, 0.15) is 5.82 Å². The first-order valence-electron chi connectivity index (χ1n) is 10.2. The van der Waals surface area contributed by atoms with Crippen LogP contribution in [0.4, 0.5) is 4.39 Å². The molecule has 5 rings (SSSR count). The van der Waals surface area contributed by atoms with Crippen molar-refractivity contribution in [3.8, 4) is 0 Å². The SMILES string of the molecule is O=C(NC1CC(=O)c2ccccc21)c1cc(Cc2n[nH]c(=O)c3ccccc23)ccc1F. The number of carbonyl (C=O) groups is 2. The maximum atomic E-state index is 14.5. The lowest BCUT2D eigenvalue weighted by molar-refractivity contribution is 0.0922. The van der Waals surface area contributed by atoms with Crippen molar-refractivity contribution in [2.24, 2.45) is 0 Å². The highest BCUT2D eigenvalue weighted by molar-refractivity contribution is 6.02. The molecule has 1 aliphatic carbocycles. The van der Waals surface area contributed by atoms with Crippen molar-refractivity contribution in [2.45, 2.75) is 18.9 Å². The third kappa shape index (κ3) is 3.47. The summed E-state index contributed by atoms with van der Waals surface area (Å²) in [6.07, 6.45) is 0.461. The molecular formula is C25H18FN3O3. The van der Waals surface area contributed by atoms with Crippen LogP contribution in [0, 0.1) is 5.82 Å². The smallest absolute Gasteiger partial charge is 0.272 e. The number of halogens is 1. The molecule has 0 aliphatic heterocycles. The van der Waals surface area contributed by atoms with Crippen LogP contribution in [0.3, 0.4) is 0 Å². The minimum Gasteiger partial charge on any atom is -0.345 e. The van der Waals surface area contributed by atoms with Crippen LogP contribution in [-0.4, -0.2) is 21.9 Å². The van der Waals surface area contributed by atoms with Gasteiger partial charge in [-0.2, -0.15) is 5.10 Å². The Balaban J connectivity index is 1.43. The van der Waals surface area contributed by atoms with Crippen LogP contribution >= 0.6 is 0 Å². The number of rotatable bonds is 4. The number of hydrogen-bond donors (Lipinski definition) is 2. The highest BCUT2D eigenvalue weighted by Crippen LogP contribution is 2.31. The molecule has 1 aromatic heterocycles. The molecular weight excluding hydrogens is 409 g/mol. The van der Waals surface area contributed by atoms with Gasteiger partial charge >= 0.3 is 0 Å². The van der Waals surface area contributed by atoms with E-state index in [0.717, 1.165) is 5.56 Å². The Hall–Kier alpha value is -4.13. The molecule has 7 heteroatoms. The summed E-state index contributed by atoms with van der Waals surface area (Å²) in [5.41, 5.74) is 2.23. The van der Waals surface area contributed by atoms with Gasteiger partial charge in [0.2, 0.25) is 0 Å². The molecule has 6 nitrogen and oxygen atoms in total. The number of ketones is 1. The number of hydrogen-bond acceptors (Lipinski definition) is 4. The quantitative estimate of drug-likeness (QED) is 0.519. The van der Waals surface area contributed by atoms with E-state index in [4.69, 9.17) is 0 Å². The Bertz CT molecular complexity index is 1440. The number of aromatic nitrogens is 2. The summed E-state index contributed by atoms with van der Waals surface area (Å²) in [6.45, 7) is 0. The summed E-state index contributed by atoms with van der Waals surface area (Å²) in [5.74, 6) is -1.28. The fourth-order valence-corrected chi connectivity index (χ4v) is 4.18. The maximum Gasteiger partial charge on any atom is 0.272 e. The van der Waals surface area contributed by atoms with Crippen molar-refractivity contribution >= 4 is 22.5 Å². The Morgan fingerprint density at radius 3 is 2.62 bits per heavy atom. The van der Waals surface area contributed by atoms with Gasteiger partial charge in [-0.25, -0.2) is 9.49 Å². The van der Waals surface area contributed by atoms with Crippen LogP contribution in [0.25, 0.3) is 10.8 Å². The first-order chi connectivity index (χ1) is 15.5. The minimum absolute atomic E-state index is 0.0452. The van der Waals surface area contributed by atoms with E-state index in [-0.39, 0.29) is 23.3 Å². The van der Waals surface area contributed by atoms with Crippen LogP contribution in [0.15, 0.2) is 71.5 Å². The fourth-order valence-electron chi connectivity index (χ4n) is 4.18. The average Bonchev–Trinajstić information content (AvgIpc) is 3.12. The van der Waals surface area contributed by atoms with E-state index >= 15 is 0 Å². The van der Waals surface area contributed by atoms with Gasteiger partial charge in [0, 0.05) is 23.8 Å². The standard InChI is InChI=1S/C25H18FN3O3/c26-20-10-9-14(12-22-16-6-2-4-8-18(16)25(32)29-28-22)11-19(20)24(31)27-21-13-23(30)17-7-3-1-5-15(17)21/h1-11,21H,12-13H2,(H,27,31)(H,29,32). The molecule has 1 heterocycles. The summed E-state index contributed by atoms with van der Waals surface area (Å²) in [6, 6.07) is 18.0. The van der Waals surface area contributed by atoms with Crippen LogP contribution in [0.2, 0.25) is 0 Å². The summed E-state index contributed by atoms with van der Waals surface area (Å²) < 4.78 is 14.5. The summed E-state index contributed by atoms with van der Waals surface area (Å²) in [4.78, 5) is 37.1. The summed E-state index contributed by atoms with van der Waals surface area (Å²) >= 11 is 0. The van der Waals surface area contributed by atoms with E-state index in [2.05, 4.69) is 15.5 Å². The molecule has 1 unspecified atom stereocenters. The summed E-state index contributed by atoms with van der Waals surface area (Å²) in [7, 11) is 0. The number of Topliss-reactive ketones (excluding diaryl/α,β-unsaturated/α-hetero) is 1. The second kappa shape index (κ2) is 7.85. The van der Waals surface area contributed by atoms with Crippen LogP contribution in [0.5, 0.6) is 0 Å². The van der Waals surface area contributed by atoms with Crippen molar-refractivity contribution in [1.29, 1.82) is 0 Å². The van der Waals surface area contributed by atoms with Gasteiger partial charge < -0.3 is 5.32 Å². The molecule has 2 N–H and O–H groups in total. The number of H-pyrrole nitrogens is 1. The first kappa shape index (κ1) is 19.8. The Morgan fingerprint density at radius 1 is 1.03 bits per heavy atom. The van der Waals surface area contributed by atoms with Gasteiger partial charge in [0.25, 0.3) is 11.5 Å². The topological polar surface area (TPSA) is 91.9 Å². The summed E-state index contributed by atoms with van der Waals surface area (Å²) in [5, 5.41) is 10.6. The van der Waals surface area contributed by atoms with E-state index in [1.54, 1.807) is 48.5 Å². The van der Waals surface area contributed by atoms with E-state index in [9.17, 15) is 18.8 Å². The molecule has 1 atom stereocenters. The van der Waals surface area contributed by atoms with Crippen molar-refractivity contribution in [3.05, 3.63) is 111 Å². The normalized spacial score (nSPS) is 15.0. The predicted molar refractivity (Wildman–Crippen MR) is 117 cm³/mol. The second-order valence-corrected chi connectivity index (χ2v) is 7.78. The zero-order valence-corrected chi connectivity index (χ0v) is 16.9. The molecule has 4 aromatic rings. The number of carbonyl (C=O) groups excluding carboxylic acids is 2. The monoisotopic (exact) mass is 427 g/mol. The third-order valence-corrected chi connectivity index (χ3v) is 5.75. The highest BCUT2D eigenvalue weighted by atomic mass is 19.1. The van der Waals surface area contributed by atoms with Gasteiger partial charge in [0.05, 0.1) is 22.7 Å². The molecule has 3 aromatic carbocycles. The second-order valence-electron chi connectivity index (χ2n) is 7.78. The molecule has 1 amide bonds. The van der Waals surface area contributed by atoms with E-state index in [1.807, 2.05) is 6.07 Å². The molecule has 0 bridgehead atoms. The van der Waals surface area contributed by atoms with Gasteiger partial charge in [-0.3, -0.25) is 14.4 Å². The van der Waals surface area contributed by atoms with Crippen molar-refractivity contribution in [2.75, 3.05) is 0 Å². The molecule has 1 aliphatic rings. The minimum atomic E-state index is -0.650. The molecule has 0 saturated heterocycles. The molecule has 0 saturated carbocycles. The van der Waals surface area contributed by atoms with E-state index in [0.29, 0.717) is 34.0 Å². The number of amides is 1. The van der Waals surface area contributed by atoms with Crippen LogP contribution in [0.1, 0.15) is 50.0 Å². The Labute approximate surface area is 182 Å². The molecule has 0 fully saturated rings. The van der Waals surface area contributed by atoms with Gasteiger partial charge in [-0.1, -0.05) is 48.5 Å². The molecule has 0 radical (unpaired) electrons. The van der Waals surface area contributed by atoms with Crippen LogP contribution < -0.4 is 10.9 Å². The van der Waals surface area contributed by atoms with Gasteiger partial charge in [0.15, 0.2) is 5.78 Å². The third-order valence-electron chi connectivity index (χ3n) is 5.75. The Kier molecular flexibility index (Phi) is 4.86. The number of nitrogens with zero attached hydrogens (tertiary/aromatic N) is 1. The number of aromatic amines is 1. The zero-order valence-electron chi connectivity index (χ0n) is 16.9. The fraction of sp³-hybridized carbons (Fsp3) is 0.120. The number of nitrogens with one attached hydrogen (secondary N) is 2. The van der Waals surface area contributed by atoms with Crippen molar-refractivity contribution in [3.63, 3.8) is 0 Å². The lowest BCUT2D eigenvalue weighted by atomic mass is 10.0. The predicted octanol–water partition coefficient (Wildman–Crippen LogP) is 3.71.